The average Bonchev–Trinajstić information content (AvgIpc) is 2.88. The van der Waals surface area contributed by atoms with Gasteiger partial charge in [-0.05, 0) is 68.9 Å². The molecular formula is C28H38N2O4S. The van der Waals surface area contributed by atoms with E-state index in [-0.39, 0.29) is 11.8 Å². The van der Waals surface area contributed by atoms with Gasteiger partial charge in [0.2, 0.25) is 5.91 Å². The molecule has 0 spiro atoms. The molecule has 2 aromatic carbocycles. The summed E-state index contributed by atoms with van der Waals surface area (Å²) in [5, 5.41) is 6.08. The minimum atomic E-state index is -0.133. The van der Waals surface area contributed by atoms with Gasteiger partial charge in [0.1, 0.15) is 0 Å². The molecule has 2 amide bonds. The van der Waals surface area contributed by atoms with Crippen molar-refractivity contribution in [2.45, 2.75) is 57.3 Å². The Labute approximate surface area is 213 Å². The minimum Gasteiger partial charge on any atom is -0.490 e. The highest BCUT2D eigenvalue weighted by Crippen LogP contribution is 2.29. The molecule has 0 unspecified atom stereocenters. The number of rotatable bonds is 13. The van der Waals surface area contributed by atoms with Gasteiger partial charge in [0.15, 0.2) is 11.5 Å². The number of amides is 2. The Bertz CT molecular complexity index is 960. The quantitative estimate of drug-likeness (QED) is 0.369. The number of hydrogen-bond donors (Lipinski definition) is 2. The zero-order valence-corrected chi connectivity index (χ0v) is 21.8. The maximum atomic E-state index is 12.9. The van der Waals surface area contributed by atoms with Crippen LogP contribution in [0.1, 0.15) is 61.9 Å². The second-order valence-corrected chi connectivity index (χ2v) is 9.76. The Morgan fingerprint density at radius 2 is 1.69 bits per heavy atom. The van der Waals surface area contributed by atoms with Gasteiger partial charge >= 0.3 is 0 Å². The molecule has 1 fully saturated rings. The number of ether oxygens (including phenoxy) is 2. The molecule has 35 heavy (non-hydrogen) atoms. The molecule has 0 heterocycles. The van der Waals surface area contributed by atoms with Crippen molar-refractivity contribution in [1.82, 2.24) is 10.6 Å². The van der Waals surface area contributed by atoms with Crippen molar-refractivity contribution in [2.75, 3.05) is 32.1 Å². The van der Waals surface area contributed by atoms with Gasteiger partial charge in [0, 0.05) is 18.0 Å². The van der Waals surface area contributed by atoms with E-state index in [0.29, 0.717) is 43.4 Å². The van der Waals surface area contributed by atoms with E-state index in [0.717, 1.165) is 28.5 Å². The summed E-state index contributed by atoms with van der Waals surface area (Å²) in [4.78, 5) is 26.0. The third-order valence-corrected chi connectivity index (χ3v) is 7.18. The summed E-state index contributed by atoms with van der Waals surface area (Å²) < 4.78 is 11.3. The fourth-order valence-electron chi connectivity index (χ4n) is 4.29. The number of carbonyl (C=O) groups excluding carboxylic acids is 2. The first-order valence-corrected chi connectivity index (χ1v) is 13.7. The minimum absolute atomic E-state index is 0.0244. The molecule has 6 nitrogen and oxygen atoms in total. The van der Waals surface area contributed by atoms with Crippen LogP contribution in [0.5, 0.6) is 11.5 Å². The molecule has 0 atom stereocenters. The second kappa shape index (κ2) is 14.7. The summed E-state index contributed by atoms with van der Waals surface area (Å²) in [6, 6.07) is 13.3. The van der Waals surface area contributed by atoms with Crippen molar-refractivity contribution < 1.29 is 19.1 Å². The molecule has 3 rings (SSSR count). The maximum Gasteiger partial charge on any atom is 0.252 e. The average molecular weight is 499 g/mol. The maximum absolute atomic E-state index is 12.9. The van der Waals surface area contributed by atoms with Crippen LogP contribution in [0.2, 0.25) is 0 Å². The Balaban J connectivity index is 1.48. The summed E-state index contributed by atoms with van der Waals surface area (Å²) in [5.74, 6) is 2.26. The molecule has 0 bridgehead atoms. The van der Waals surface area contributed by atoms with Crippen LogP contribution in [0, 0.1) is 5.92 Å². The van der Waals surface area contributed by atoms with Crippen molar-refractivity contribution in [2.24, 2.45) is 5.92 Å². The molecule has 2 N–H and O–H groups in total. The van der Waals surface area contributed by atoms with Gasteiger partial charge in [-0.15, -0.1) is 11.8 Å². The Morgan fingerprint density at radius 1 is 0.943 bits per heavy atom. The standard InChI is InChI=1S/C28H38N2O4S/c1-3-33-24-15-14-21(18-25(24)34-4-2)16-17-29-28(32)23-12-8-9-13-26(23)35-20-27(31)30-19-22-10-6-5-7-11-22/h8-9,12-15,18,22H,3-7,10-11,16-17,19-20H2,1-2H3,(H,29,32)(H,30,31). The van der Waals surface area contributed by atoms with Gasteiger partial charge in [-0.25, -0.2) is 0 Å². The zero-order chi connectivity index (χ0) is 24.9. The predicted molar refractivity (Wildman–Crippen MR) is 142 cm³/mol. The van der Waals surface area contributed by atoms with Crippen LogP contribution in [0.25, 0.3) is 0 Å². The topological polar surface area (TPSA) is 76.7 Å². The van der Waals surface area contributed by atoms with E-state index in [9.17, 15) is 9.59 Å². The summed E-state index contributed by atoms with van der Waals surface area (Å²) in [6.45, 7) is 6.29. The highest BCUT2D eigenvalue weighted by Gasteiger charge is 2.16. The molecule has 190 valence electrons. The van der Waals surface area contributed by atoms with Gasteiger partial charge in [0.25, 0.3) is 5.91 Å². The Kier molecular flexibility index (Phi) is 11.3. The summed E-state index contributed by atoms with van der Waals surface area (Å²) in [5.41, 5.74) is 1.66. The number of benzene rings is 2. The van der Waals surface area contributed by atoms with E-state index in [1.807, 2.05) is 56.3 Å². The molecular weight excluding hydrogens is 460 g/mol. The lowest BCUT2D eigenvalue weighted by Crippen LogP contribution is -2.31. The van der Waals surface area contributed by atoms with Gasteiger partial charge in [-0.1, -0.05) is 37.5 Å². The smallest absolute Gasteiger partial charge is 0.252 e. The molecule has 1 aliphatic rings. The molecule has 0 aliphatic heterocycles. The van der Waals surface area contributed by atoms with Crippen molar-refractivity contribution in [1.29, 1.82) is 0 Å². The fraction of sp³-hybridized carbons (Fsp3) is 0.500. The summed E-state index contributed by atoms with van der Waals surface area (Å²) in [7, 11) is 0. The fourth-order valence-corrected chi connectivity index (χ4v) is 5.17. The van der Waals surface area contributed by atoms with E-state index < -0.39 is 0 Å². The van der Waals surface area contributed by atoms with Gasteiger partial charge in [-0.3, -0.25) is 9.59 Å². The predicted octanol–water partition coefficient (Wildman–Crippen LogP) is 5.25. The highest BCUT2D eigenvalue weighted by molar-refractivity contribution is 8.00. The van der Waals surface area contributed by atoms with Crippen LogP contribution < -0.4 is 20.1 Å². The zero-order valence-electron chi connectivity index (χ0n) is 20.9. The monoisotopic (exact) mass is 498 g/mol. The van der Waals surface area contributed by atoms with E-state index in [1.54, 1.807) is 0 Å². The van der Waals surface area contributed by atoms with Crippen LogP contribution in [0.15, 0.2) is 47.4 Å². The third-order valence-electron chi connectivity index (χ3n) is 6.11. The van der Waals surface area contributed by atoms with Gasteiger partial charge in [0.05, 0.1) is 24.5 Å². The van der Waals surface area contributed by atoms with Crippen molar-refractivity contribution in [3.8, 4) is 11.5 Å². The van der Waals surface area contributed by atoms with Crippen LogP contribution in [0.4, 0.5) is 0 Å². The first-order valence-electron chi connectivity index (χ1n) is 12.8. The van der Waals surface area contributed by atoms with Gasteiger partial charge < -0.3 is 20.1 Å². The van der Waals surface area contributed by atoms with Crippen LogP contribution in [0.3, 0.4) is 0 Å². The summed E-state index contributed by atoms with van der Waals surface area (Å²) in [6.07, 6.45) is 6.94. The number of nitrogens with one attached hydrogen (secondary N) is 2. The van der Waals surface area contributed by atoms with Crippen molar-refractivity contribution in [3.63, 3.8) is 0 Å². The molecule has 0 saturated heterocycles. The van der Waals surface area contributed by atoms with Crippen LogP contribution in [-0.2, 0) is 11.2 Å². The third kappa shape index (κ3) is 8.80. The van der Waals surface area contributed by atoms with Gasteiger partial charge in [-0.2, -0.15) is 0 Å². The largest absolute Gasteiger partial charge is 0.490 e. The molecule has 0 aromatic heterocycles. The van der Waals surface area contributed by atoms with E-state index in [1.165, 1.54) is 43.9 Å². The molecule has 7 heteroatoms. The van der Waals surface area contributed by atoms with Crippen molar-refractivity contribution >= 4 is 23.6 Å². The Hall–Kier alpha value is -2.67. The second-order valence-electron chi connectivity index (χ2n) is 8.75. The molecule has 2 aromatic rings. The van der Waals surface area contributed by atoms with E-state index in [2.05, 4.69) is 10.6 Å². The van der Waals surface area contributed by atoms with E-state index in [4.69, 9.17) is 9.47 Å². The lowest BCUT2D eigenvalue weighted by Gasteiger charge is -2.21. The highest BCUT2D eigenvalue weighted by atomic mass is 32.2. The molecule has 1 saturated carbocycles. The summed E-state index contributed by atoms with van der Waals surface area (Å²) >= 11 is 1.41. The molecule has 0 radical (unpaired) electrons. The Morgan fingerprint density at radius 3 is 2.46 bits per heavy atom. The molecule has 1 aliphatic carbocycles. The van der Waals surface area contributed by atoms with Crippen molar-refractivity contribution in [3.05, 3.63) is 53.6 Å². The number of hydrogen-bond acceptors (Lipinski definition) is 5. The normalized spacial score (nSPS) is 13.8. The lowest BCUT2D eigenvalue weighted by atomic mass is 9.89. The first kappa shape index (κ1) is 26.9. The SMILES string of the molecule is CCOc1ccc(CCNC(=O)c2ccccc2SCC(=O)NCC2CCCCC2)cc1OCC. The number of carbonyl (C=O) groups is 2. The van der Waals surface area contributed by atoms with Crippen LogP contribution >= 0.6 is 11.8 Å². The lowest BCUT2D eigenvalue weighted by molar-refractivity contribution is -0.118. The number of thioether (sulfide) groups is 1. The van der Waals surface area contributed by atoms with E-state index >= 15 is 0 Å². The van der Waals surface area contributed by atoms with Crippen LogP contribution in [-0.4, -0.2) is 43.9 Å². The first-order chi connectivity index (χ1) is 17.1.